The molecule has 0 spiro atoms. The molecular formula is C22H29Cl2NO. The number of nitrogens with one attached hydrogen (secondary N) is 1. The Hall–Kier alpha value is -1.38. The van der Waals surface area contributed by atoms with Gasteiger partial charge in [-0.05, 0) is 46.2 Å². The molecule has 0 saturated carbocycles. The summed E-state index contributed by atoms with van der Waals surface area (Å²) in [4.78, 5) is 0. The molecule has 0 aliphatic heterocycles. The summed E-state index contributed by atoms with van der Waals surface area (Å²) in [6.07, 6.45) is 0. The van der Waals surface area contributed by atoms with Crippen molar-refractivity contribution in [3.8, 4) is 5.75 Å². The molecule has 0 aliphatic rings. The quantitative estimate of drug-likeness (QED) is 0.547. The van der Waals surface area contributed by atoms with Crippen LogP contribution in [0, 0.1) is 0 Å². The van der Waals surface area contributed by atoms with E-state index in [1.165, 1.54) is 11.1 Å². The van der Waals surface area contributed by atoms with Crippen molar-refractivity contribution >= 4 is 28.9 Å². The maximum absolute atomic E-state index is 6.18. The van der Waals surface area contributed by atoms with Gasteiger partial charge in [0, 0.05) is 11.6 Å². The topological polar surface area (TPSA) is 21.3 Å². The second kappa shape index (κ2) is 8.10. The summed E-state index contributed by atoms with van der Waals surface area (Å²) < 4.78 is 6.09. The number of ether oxygens (including phenoxy) is 1. The molecule has 0 heterocycles. The Morgan fingerprint density at radius 3 is 2.15 bits per heavy atom. The third kappa shape index (κ3) is 5.56. The van der Waals surface area contributed by atoms with Crippen molar-refractivity contribution < 1.29 is 4.74 Å². The molecule has 0 saturated heterocycles. The minimum Gasteiger partial charge on any atom is -0.491 e. The fourth-order valence-electron chi connectivity index (χ4n) is 2.69. The monoisotopic (exact) mass is 393 g/mol. The van der Waals surface area contributed by atoms with Crippen molar-refractivity contribution in [3.05, 3.63) is 57.6 Å². The van der Waals surface area contributed by atoms with Crippen LogP contribution in [-0.2, 0) is 10.8 Å². The maximum atomic E-state index is 6.18. The first-order valence-corrected chi connectivity index (χ1v) is 9.71. The van der Waals surface area contributed by atoms with Gasteiger partial charge in [0.25, 0.3) is 0 Å². The van der Waals surface area contributed by atoms with Gasteiger partial charge in [0.2, 0.25) is 0 Å². The van der Waals surface area contributed by atoms with E-state index in [1.807, 2.05) is 12.1 Å². The van der Waals surface area contributed by atoms with Crippen molar-refractivity contribution in [2.45, 2.75) is 52.4 Å². The molecule has 4 heteroatoms. The van der Waals surface area contributed by atoms with E-state index in [0.29, 0.717) is 23.2 Å². The lowest BCUT2D eigenvalue weighted by molar-refractivity contribution is 0.322. The highest BCUT2D eigenvalue weighted by Crippen LogP contribution is 2.35. The smallest absolute Gasteiger partial charge is 0.123 e. The van der Waals surface area contributed by atoms with E-state index in [-0.39, 0.29) is 10.8 Å². The Balaban J connectivity index is 2.07. The second-order valence-electron chi connectivity index (χ2n) is 8.61. The highest BCUT2D eigenvalue weighted by atomic mass is 35.5. The second-order valence-corrected chi connectivity index (χ2v) is 9.45. The van der Waals surface area contributed by atoms with Crippen LogP contribution in [-0.4, -0.2) is 13.2 Å². The van der Waals surface area contributed by atoms with Crippen molar-refractivity contribution in [2.24, 2.45) is 0 Å². The summed E-state index contributed by atoms with van der Waals surface area (Å²) in [7, 11) is 0. The lowest BCUT2D eigenvalue weighted by Gasteiger charge is -2.27. The molecule has 0 amide bonds. The van der Waals surface area contributed by atoms with Crippen LogP contribution in [0.1, 0.15) is 52.7 Å². The minimum absolute atomic E-state index is 0.0174. The van der Waals surface area contributed by atoms with E-state index in [2.05, 4.69) is 65.1 Å². The molecule has 0 bridgehead atoms. The summed E-state index contributed by atoms with van der Waals surface area (Å²) in [5.74, 6) is 0.939. The average molecular weight is 394 g/mol. The summed E-state index contributed by atoms with van der Waals surface area (Å²) in [5, 5.41) is 4.53. The van der Waals surface area contributed by atoms with Crippen LogP contribution in [0.2, 0.25) is 10.0 Å². The molecule has 2 nitrogen and oxygen atoms in total. The van der Waals surface area contributed by atoms with Crippen LogP contribution in [0.25, 0.3) is 0 Å². The van der Waals surface area contributed by atoms with Crippen molar-refractivity contribution in [3.63, 3.8) is 0 Å². The minimum atomic E-state index is 0.0174. The molecule has 0 fully saturated rings. The molecule has 0 unspecified atom stereocenters. The third-order valence-corrected chi connectivity index (χ3v) is 4.81. The highest BCUT2D eigenvalue weighted by Gasteiger charge is 2.23. The summed E-state index contributed by atoms with van der Waals surface area (Å²) in [6, 6.07) is 12.0. The van der Waals surface area contributed by atoms with Gasteiger partial charge in [-0.3, -0.25) is 0 Å². The van der Waals surface area contributed by atoms with Crippen LogP contribution >= 0.6 is 23.2 Å². The molecule has 2 rings (SSSR count). The molecule has 1 N–H and O–H groups in total. The summed E-state index contributed by atoms with van der Waals surface area (Å²) in [5.41, 5.74) is 3.55. The highest BCUT2D eigenvalue weighted by molar-refractivity contribution is 6.36. The van der Waals surface area contributed by atoms with Gasteiger partial charge in [0.05, 0.1) is 10.7 Å². The van der Waals surface area contributed by atoms with E-state index in [1.54, 1.807) is 6.07 Å². The summed E-state index contributed by atoms with van der Waals surface area (Å²) >= 11 is 12.1. The zero-order chi connectivity index (χ0) is 19.5. The van der Waals surface area contributed by atoms with Gasteiger partial charge in [-0.25, -0.2) is 0 Å². The Labute approximate surface area is 167 Å². The predicted molar refractivity (Wildman–Crippen MR) is 114 cm³/mol. The van der Waals surface area contributed by atoms with E-state index < -0.39 is 0 Å². The first-order chi connectivity index (χ1) is 12.0. The lowest BCUT2D eigenvalue weighted by Crippen LogP contribution is -2.19. The Morgan fingerprint density at radius 2 is 1.58 bits per heavy atom. The zero-order valence-electron chi connectivity index (χ0n) is 16.5. The number of rotatable bonds is 5. The van der Waals surface area contributed by atoms with E-state index >= 15 is 0 Å². The number of anilines is 1. The molecule has 26 heavy (non-hydrogen) atoms. The predicted octanol–water partition coefficient (Wildman–Crippen LogP) is 7.08. The van der Waals surface area contributed by atoms with Gasteiger partial charge in [0.15, 0.2) is 0 Å². The molecule has 2 aromatic rings. The zero-order valence-corrected chi connectivity index (χ0v) is 18.1. The number of hydrogen-bond acceptors (Lipinski definition) is 2. The number of hydrogen-bond donors (Lipinski definition) is 1. The van der Waals surface area contributed by atoms with Gasteiger partial charge >= 0.3 is 0 Å². The largest absolute Gasteiger partial charge is 0.491 e. The molecule has 0 radical (unpaired) electrons. The van der Waals surface area contributed by atoms with E-state index in [4.69, 9.17) is 27.9 Å². The molecule has 0 atom stereocenters. The molecule has 142 valence electrons. The van der Waals surface area contributed by atoms with Crippen LogP contribution in [0.5, 0.6) is 5.75 Å². The molecule has 2 aromatic carbocycles. The van der Waals surface area contributed by atoms with Crippen LogP contribution in [0.15, 0.2) is 36.4 Å². The number of halogens is 2. The standard InChI is InChI=1S/C22H29Cl2NO/c1-21(2,3)15-7-10-20(17(13-15)22(4,5)6)26-12-11-25-19-9-8-16(23)14-18(19)24/h7-10,13-14,25H,11-12H2,1-6H3. The van der Waals surface area contributed by atoms with Crippen molar-refractivity contribution in [1.82, 2.24) is 0 Å². The van der Waals surface area contributed by atoms with Crippen molar-refractivity contribution in [1.29, 1.82) is 0 Å². The van der Waals surface area contributed by atoms with Crippen LogP contribution < -0.4 is 10.1 Å². The van der Waals surface area contributed by atoms with Crippen LogP contribution in [0.3, 0.4) is 0 Å². The number of benzene rings is 2. The van der Waals surface area contributed by atoms with Gasteiger partial charge in [-0.15, -0.1) is 0 Å². The van der Waals surface area contributed by atoms with E-state index in [9.17, 15) is 0 Å². The Morgan fingerprint density at radius 1 is 0.885 bits per heavy atom. The average Bonchev–Trinajstić information content (AvgIpc) is 2.51. The molecule has 0 aromatic heterocycles. The van der Waals surface area contributed by atoms with Gasteiger partial charge in [-0.1, -0.05) is 76.9 Å². The molecule has 0 aliphatic carbocycles. The third-order valence-electron chi connectivity index (χ3n) is 4.26. The van der Waals surface area contributed by atoms with Crippen molar-refractivity contribution in [2.75, 3.05) is 18.5 Å². The fraction of sp³-hybridized carbons (Fsp3) is 0.455. The summed E-state index contributed by atoms with van der Waals surface area (Å²) in [6.45, 7) is 14.6. The van der Waals surface area contributed by atoms with Gasteiger partial charge in [-0.2, -0.15) is 0 Å². The van der Waals surface area contributed by atoms with Crippen LogP contribution in [0.4, 0.5) is 5.69 Å². The normalized spacial score (nSPS) is 12.2. The Bertz CT molecular complexity index is 758. The maximum Gasteiger partial charge on any atom is 0.123 e. The van der Waals surface area contributed by atoms with Gasteiger partial charge < -0.3 is 10.1 Å². The lowest BCUT2D eigenvalue weighted by atomic mass is 9.80. The fourth-order valence-corrected chi connectivity index (χ4v) is 3.16. The van der Waals surface area contributed by atoms with E-state index in [0.717, 1.165) is 11.4 Å². The van der Waals surface area contributed by atoms with Gasteiger partial charge in [0.1, 0.15) is 12.4 Å². The SMILES string of the molecule is CC(C)(C)c1ccc(OCCNc2ccc(Cl)cc2Cl)c(C(C)(C)C)c1. The molecular weight excluding hydrogens is 365 g/mol. The first-order valence-electron chi connectivity index (χ1n) is 8.95. The Kier molecular flexibility index (Phi) is 6.52. The first kappa shape index (κ1) is 20.9.